The number of hydrogen-bond acceptors (Lipinski definition) is 4. The van der Waals surface area contributed by atoms with Crippen molar-refractivity contribution in [1.29, 1.82) is 5.41 Å². The monoisotopic (exact) mass is 505 g/mol. The maximum atomic E-state index is 14.0. The molecule has 1 saturated heterocycles. The molecular weight excluding hydrogens is 478 g/mol. The molecule has 0 aromatic heterocycles. The third-order valence-corrected chi connectivity index (χ3v) is 7.13. The molecule has 0 bridgehead atoms. The predicted molar refractivity (Wildman–Crippen MR) is 145 cm³/mol. The van der Waals surface area contributed by atoms with Gasteiger partial charge >= 0.3 is 6.03 Å². The number of imide groups is 1. The van der Waals surface area contributed by atoms with Crippen molar-refractivity contribution in [3.8, 4) is 0 Å². The van der Waals surface area contributed by atoms with Gasteiger partial charge in [-0.05, 0) is 58.7 Å². The summed E-state index contributed by atoms with van der Waals surface area (Å²) in [6.45, 7) is 2.03. The number of nitrogens with zero attached hydrogens (tertiary/aromatic N) is 2. The summed E-state index contributed by atoms with van der Waals surface area (Å²) in [5.74, 6) is -0.879. The van der Waals surface area contributed by atoms with E-state index in [2.05, 4.69) is 0 Å². The van der Waals surface area contributed by atoms with Gasteiger partial charge in [0, 0.05) is 17.7 Å². The van der Waals surface area contributed by atoms with Crippen molar-refractivity contribution in [2.75, 3.05) is 0 Å². The number of primary amides is 1. The number of amidine groups is 1. The largest absolute Gasteiger partial charge is 0.384 e. The summed E-state index contributed by atoms with van der Waals surface area (Å²) in [6.07, 6.45) is 0. The Balaban J connectivity index is 1.51. The molecular formula is C30H27N5O3. The van der Waals surface area contributed by atoms with Crippen molar-refractivity contribution < 1.29 is 14.4 Å². The van der Waals surface area contributed by atoms with Gasteiger partial charge in [-0.25, -0.2) is 4.79 Å². The van der Waals surface area contributed by atoms with Crippen molar-refractivity contribution in [3.05, 3.63) is 119 Å². The summed E-state index contributed by atoms with van der Waals surface area (Å²) in [6, 6.07) is 26.8. The second kappa shape index (κ2) is 9.48. The molecule has 8 nitrogen and oxygen atoms in total. The first-order valence-corrected chi connectivity index (χ1v) is 12.1. The lowest BCUT2D eigenvalue weighted by molar-refractivity contribution is -0.133. The molecule has 1 fully saturated rings. The fourth-order valence-corrected chi connectivity index (χ4v) is 4.91. The molecule has 8 heteroatoms. The first kappa shape index (κ1) is 24.7. The molecule has 4 aromatic carbocycles. The van der Waals surface area contributed by atoms with Crippen LogP contribution < -0.4 is 11.5 Å². The number of hydrogen-bond donors (Lipinski definition) is 3. The van der Waals surface area contributed by atoms with Gasteiger partial charge in [-0.15, -0.1) is 0 Å². The van der Waals surface area contributed by atoms with Crippen LogP contribution in [0.1, 0.15) is 39.5 Å². The summed E-state index contributed by atoms with van der Waals surface area (Å²) in [4.78, 5) is 42.1. The maximum Gasteiger partial charge on any atom is 0.328 e. The van der Waals surface area contributed by atoms with Crippen LogP contribution in [0.25, 0.3) is 10.8 Å². The Hall–Kier alpha value is -4.98. The van der Waals surface area contributed by atoms with Gasteiger partial charge in [0.2, 0.25) is 5.91 Å². The van der Waals surface area contributed by atoms with Crippen molar-refractivity contribution in [2.45, 2.75) is 25.6 Å². The highest BCUT2D eigenvalue weighted by Gasteiger charge is 2.55. The van der Waals surface area contributed by atoms with Crippen LogP contribution in [-0.4, -0.2) is 33.5 Å². The molecule has 1 aliphatic rings. The number of nitrogens with two attached hydrogens (primary N) is 2. The number of nitrogen functional groups attached to an aromatic ring is 1. The van der Waals surface area contributed by atoms with Gasteiger partial charge in [0.1, 0.15) is 11.4 Å². The summed E-state index contributed by atoms with van der Waals surface area (Å²) in [5, 5.41) is 9.56. The summed E-state index contributed by atoms with van der Waals surface area (Å²) < 4.78 is 0. The van der Waals surface area contributed by atoms with Gasteiger partial charge in [-0.1, -0.05) is 66.7 Å². The summed E-state index contributed by atoms with van der Waals surface area (Å²) in [7, 11) is 0. The van der Waals surface area contributed by atoms with Gasteiger partial charge < -0.3 is 16.4 Å². The fraction of sp³-hybridized carbons (Fsp3) is 0.133. The second-order valence-electron chi connectivity index (χ2n) is 9.57. The van der Waals surface area contributed by atoms with Gasteiger partial charge in [-0.3, -0.25) is 19.9 Å². The van der Waals surface area contributed by atoms with E-state index in [4.69, 9.17) is 16.9 Å². The Morgan fingerprint density at radius 1 is 0.789 bits per heavy atom. The van der Waals surface area contributed by atoms with E-state index in [1.165, 1.54) is 4.90 Å². The van der Waals surface area contributed by atoms with Crippen LogP contribution >= 0.6 is 0 Å². The fourth-order valence-electron chi connectivity index (χ4n) is 4.91. The minimum atomic E-state index is -1.22. The van der Waals surface area contributed by atoms with Gasteiger partial charge in [-0.2, -0.15) is 0 Å². The third-order valence-electron chi connectivity index (χ3n) is 7.13. The number of urea groups is 1. The van der Waals surface area contributed by atoms with E-state index >= 15 is 0 Å². The van der Waals surface area contributed by atoms with Gasteiger partial charge in [0.05, 0.1) is 6.54 Å². The minimum Gasteiger partial charge on any atom is -0.384 e. The van der Waals surface area contributed by atoms with E-state index < -0.39 is 17.5 Å². The van der Waals surface area contributed by atoms with E-state index in [0.717, 1.165) is 21.9 Å². The van der Waals surface area contributed by atoms with Crippen LogP contribution in [0.4, 0.5) is 4.79 Å². The molecule has 38 heavy (non-hydrogen) atoms. The normalized spacial score (nSPS) is 17.3. The number of fused-ring (bicyclic) bond motifs is 1. The summed E-state index contributed by atoms with van der Waals surface area (Å²) in [5.41, 5.74) is 13.0. The molecule has 190 valence electrons. The van der Waals surface area contributed by atoms with Crippen molar-refractivity contribution in [3.63, 3.8) is 0 Å². The Morgan fingerprint density at radius 3 is 2.08 bits per heavy atom. The van der Waals surface area contributed by atoms with Crippen molar-refractivity contribution in [1.82, 2.24) is 9.80 Å². The molecule has 5 rings (SSSR count). The first-order chi connectivity index (χ1) is 18.2. The Bertz CT molecular complexity index is 1580. The zero-order chi connectivity index (χ0) is 27.0. The average Bonchev–Trinajstić information content (AvgIpc) is 3.10. The Morgan fingerprint density at radius 2 is 1.42 bits per heavy atom. The van der Waals surface area contributed by atoms with Crippen LogP contribution in [0, 0.1) is 5.41 Å². The molecule has 5 N–H and O–H groups in total. The van der Waals surface area contributed by atoms with Crippen molar-refractivity contribution >= 4 is 34.5 Å². The van der Waals surface area contributed by atoms with Gasteiger partial charge in [0.25, 0.3) is 5.91 Å². The van der Waals surface area contributed by atoms with Crippen LogP contribution in [0.2, 0.25) is 0 Å². The highest BCUT2D eigenvalue weighted by atomic mass is 16.2. The number of rotatable bonds is 7. The highest BCUT2D eigenvalue weighted by Crippen LogP contribution is 2.39. The van der Waals surface area contributed by atoms with E-state index in [0.29, 0.717) is 16.7 Å². The average molecular weight is 506 g/mol. The smallest absolute Gasteiger partial charge is 0.328 e. The number of nitrogens with one attached hydrogen (secondary N) is 1. The molecule has 1 heterocycles. The lowest BCUT2D eigenvalue weighted by Crippen LogP contribution is -2.43. The van der Waals surface area contributed by atoms with Crippen molar-refractivity contribution in [2.24, 2.45) is 11.5 Å². The molecule has 4 amide bonds. The number of amides is 4. The van der Waals surface area contributed by atoms with E-state index in [-0.39, 0.29) is 24.8 Å². The van der Waals surface area contributed by atoms with E-state index in [1.54, 1.807) is 42.2 Å². The Labute approximate surface area is 220 Å². The zero-order valence-corrected chi connectivity index (χ0v) is 20.8. The topological polar surface area (TPSA) is 134 Å². The number of carbonyl (C=O) groups is 3. The minimum absolute atomic E-state index is 0.0275. The molecule has 0 aliphatic carbocycles. The lowest BCUT2D eigenvalue weighted by atomic mass is 9.90. The second-order valence-corrected chi connectivity index (χ2v) is 9.57. The van der Waals surface area contributed by atoms with Crippen LogP contribution in [0.5, 0.6) is 0 Å². The molecule has 0 radical (unpaired) electrons. The zero-order valence-electron chi connectivity index (χ0n) is 20.8. The molecule has 4 aromatic rings. The van der Waals surface area contributed by atoms with Crippen LogP contribution in [0.3, 0.4) is 0 Å². The van der Waals surface area contributed by atoms with E-state index in [9.17, 15) is 14.4 Å². The van der Waals surface area contributed by atoms with Crippen LogP contribution in [0.15, 0.2) is 91.0 Å². The highest BCUT2D eigenvalue weighted by molar-refractivity contribution is 6.07. The van der Waals surface area contributed by atoms with E-state index in [1.807, 2.05) is 60.7 Å². The SMILES string of the molecule is CC1(c2ccccc2)C(=O)N(Cc2ccc3ccc(C(=N)N)cc3c2)C(=O)N1Cc1ccc(C(N)=O)cc1. The molecule has 0 spiro atoms. The molecule has 1 unspecified atom stereocenters. The molecule has 0 saturated carbocycles. The number of carbonyl (C=O) groups excluding carboxylic acids is 3. The third kappa shape index (κ3) is 4.26. The molecule has 1 atom stereocenters. The lowest BCUT2D eigenvalue weighted by Gasteiger charge is -2.32. The van der Waals surface area contributed by atoms with Gasteiger partial charge in [0.15, 0.2) is 0 Å². The number of benzene rings is 4. The quantitative estimate of drug-likeness (QED) is 0.198. The summed E-state index contributed by atoms with van der Waals surface area (Å²) >= 11 is 0. The Kier molecular flexibility index (Phi) is 6.16. The maximum absolute atomic E-state index is 14.0. The molecule has 1 aliphatic heterocycles. The predicted octanol–water partition coefficient (Wildman–Crippen LogP) is 4.10. The standard InChI is InChI=1S/C30H27N5O3/c1-30(25-5-3-2-4-6-25)28(37)34(29(38)35(30)18-19-7-11-22(12-8-19)27(33)36)17-20-9-10-21-13-14-23(26(31)32)16-24(21)15-20/h2-16H,17-18H2,1H3,(H3,31,32)(H2,33,36). The van der Waals surface area contributed by atoms with Crippen LogP contribution in [-0.2, 0) is 23.4 Å². The first-order valence-electron chi connectivity index (χ1n) is 12.1.